The molecule has 0 radical (unpaired) electrons. The average Bonchev–Trinajstić information content (AvgIpc) is 3.54. The summed E-state index contributed by atoms with van der Waals surface area (Å²) in [6.07, 6.45) is 2.04. The maximum Gasteiger partial charge on any atom is 0.358 e. The molecule has 28 heavy (non-hydrogen) atoms. The van der Waals surface area contributed by atoms with Crippen LogP contribution in [-0.4, -0.2) is 42.2 Å². The number of carbonyl (C=O) groups is 2. The minimum absolute atomic E-state index is 0.0377. The van der Waals surface area contributed by atoms with Crippen LogP contribution in [0.5, 0.6) is 0 Å². The lowest BCUT2D eigenvalue weighted by molar-refractivity contribution is -0.141. The summed E-state index contributed by atoms with van der Waals surface area (Å²) in [6, 6.07) is 4.91. The third-order valence-electron chi connectivity index (χ3n) is 4.34. The Kier molecular flexibility index (Phi) is 6.08. The van der Waals surface area contributed by atoms with Gasteiger partial charge in [-0.3, -0.25) is 0 Å². The molecule has 3 rings (SSSR count). The van der Waals surface area contributed by atoms with Gasteiger partial charge in [-0.1, -0.05) is 23.7 Å². The third-order valence-corrected chi connectivity index (χ3v) is 4.70. The summed E-state index contributed by atoms with van der Waals surface area (Å²) in [5.74, 6) is -0.844. The number of halogens is 2. The van der Waals surface area contributed by atoms with E-state index in [9.17, 15) is 14.0 Å². The first kappa shape index (κ1) is 20.0. The summed E-state index contributed by atoms with van der Waals surface area (Å²) < 4.78 is 22.7. The summed E-state index contributed by atoms with van der Waals surface area (Å²) >= 11 is 6.31. The Hall–Kier alpha value is -2.74. The zero-order valence-corrected chi connectivity index (χ0v) is 16.1. The number of ether oxygens (including phenoxy) is 2. The first-order valence-corrected chi connectivity index (χ1v) is 9.05. The van der Waals surface area contributed by atoms with Crippen LogP contribution in [0, 0.1) is 5.82 Å². The Labute approximate surface area is 166 Å². The molecule has 1 heterocycles. The Morgan fingerprint density at radius 3 is 2.46 bits per heavy atom. The van der Waals surface area contributed by atoms with E-state index in [1.807, 2.05) is 0 Å². The van der Waals surface area contributed by atoms with E-state index in [4.69, 9.17) is 21.1 Å². The molecule has 148 valence electrons. The van der Waals surface area contributed by atoms with E-state index in [0.717, 1.165) is 12.8 Å². The maximum atomic E-state index is 13.1. The van der Waals surface area contributed by atoms with Crippen LogP contribution in [0.15, 0.2) is 24.3 Å². The van der Waals surface area contributed by atoms with Gasteiger partial charge in [0.2, 0.25) is 0 Å². The fourth-order valence-electron chi connectivity index (χ4n) is 2.67. The first-order valence-electron chi connectivity index (χ1n) is 8.67. The zero-order valence-electron chi connectivity index (χ0n) is 15.4. The van der Waals surface area contributed by atoms with Crippen molar-refractivity contribution in [3.63, 3.8) is 0 Å². The second-order valence-corrected chi connectivity index (χ2v) is 6.79. The molecule has 9 heteroatoms. The highest BCUT2D eigenvalue weighted by Crippen LogP contribution is 2.40. The van der Waals surface area contributed by atoms with Crippen molar-refractivity contribution in [2.24, 2.45) is 0 Å². The molecule has 1 saturated carbocycles. The van der Waals surface area contributed by atoms with Crippen molar-refractivity contribution in [1.82, 2.24) is 9.97 Å². The van der Waals surface area contributed by atoms with Crippen LogP contribution < -0.4 is 5.32 Å². The average molecular weight is 408 g/mol. The van der Waals surface area contributed by atoms with E-state index < -0.39 is 18.0 Å². The summed E-state index contributed by atoms with van der Waals surface area (Å²) in [6.45, 7) is 0. The number of hydrogen-bond acceptors (Lipinski definition) is 7. The SMILES string of the molecule is COC(=O)c1nc(C2CC2)nc(NC(Cc2ccc(F)cc2)C(=O)OC)c1Cl. The van der Waals surface area contributed by atoms with Gasteiger partial charge in [0.15, 0.2) is 5.69 Å². The molecule has 1 aliphatic carbocycles. The van der Waals surface area contributed by atoms with Crippen LogP contribution in [0.3, 0.4) is 0 Å². The Morgan fingerprint density at radius 1 is 1.21 bits per heavy atom. The molecule has 0 bridgehead atoms. The molecule has 1 N–H and O–H groups in total. The highest BCUT2D eigenvalue weighted by atomic mass is 35.5. The van der Waals surface area contributed by atoms with Crippen molar-refractivity contribution in [1.29, 1.82) is 0 Å². The van der Waals surface area contributed by atoms with Crippen molar-refractivity contribution in [2.45, 2.75) is 31.2 Å². The molecule has 1 atom stereocenters. The van der Waals surface area contributed by atoms with Gasteiger partial charge in [-0.05, 0) is 30.5 Å². The number of hydrogen-bond donors (Lipinski definition) is 1. The molecule has 0 saturated heterocycles. The van der Waals surface area contributed by atoms with Crippen molar-refractivity contribution in [3.8, 4) is 0 Å². The van der Waals surface area contributed by atoms with Gasteiger partial charge < -0.3 is 14.8 Å². The topological polar surface area (TPSA) is 90.4 Å². The predicted octanol–water partition coefficient (Wildman–Crippen LogP) is 3.13. The maximum absolute atomic E-state index is 13.1. The molecule has 1 aromatic heterocycles. The van der Waals surface area contributed by atoms with Crippen molar-refractivity contribution in [3.05, 3.63) is 52.2 Å². The number of nitrogens with zero attached hydrogens (tertiary/aromatic N) is 2. The molecular weight excluding hydrogens is 389 g/mol. The lowest BCUT2D eigenvalue weighted by Gasteiger charge is -2.19. The fourth-order valence-corrected chi connectivity index (χ4v) is 2.89. The highest BCUT2D eigenvalue weighted by molar-refractivity contribution is 6.35. The summed E-state index contributed by atoms with van der Waals surface area (Å²) in [5.41, 5.74) is 0.652. The molecule has 1 fully saturated rings. The summed E-state index contributed by atoms with van der Waals surface area (Å²) in [4.78, 5) is 32.9. The lowest BCUT2D eigenvalue weighted by atomic mass is 10.1. The number of carbonyl (C=O) groups excluding carboxylic acids is 2. The normalized spacial score (nSPS) is 14.3. The van der Waals surface area contributed by atoms with Gasteiger partial charge >= 0.3 is 11.9 Å². The molecule has 0 spiro atoms. The minimum Gasteiger partial charge on any atom is -0.467 e. The van der Waals surface area contributed by atoms with Crippen LogP contribution >= 0.6 is 11.6 Å². The Morgan fingerprint density at radius 2 is 1.89 bits per heavy atom. The monoisotopic (exact) mass is 407 g/mol. The largest absolute Gasteiger partial charge is 0.467 e. The van der Waals surface area contributed by atoms with E-state index in [1.165, 1.54) is 26.4 Å². The van der Waals surface area contributed by atoms with Gasteiger partial charge in [0, 0.05) is 12.3 Å². The molecule has 0 aliphatic heterocycles. The van der Waals surface area contributed by atoms with Crippen molar-refractivity contribution in [2.75, 3.05) is 19.5 Å². The van der Waals surface area contributed by atoms with E-state index in [0.29, 0.717) is 11.4 Å². The van der Waals surface area contributed by atoms with Gasteiger partial charge in [-0.2, -0.15) is 0 Å². The first-order chi connectivity index (χ1) is 13.4. The fraction of sp³-hybridized carbons (Fsp3) is 0.368. The Bertz CT molecular complexity index is 887. The molecule has 1 aliphatic rings. The third kappa shape index (κ3) is 4.56. The van der Waals surface area contributed by atoms with Gasteiger partial charge in [0.1, 0.15) is 28.5 Å². The number of methoxy groups -OCH3 is 2. The van der Waals surface area contributed by atoms with Gasteiger partial charge in [0.05, 0.1) is 14.2 Å². The summed E-state index contributed by atoms with van der Waals surface area (Å²) in [5, 5.41) is 2.91. The number of rotatable bonds is 7. The Balaban J connectivity index is 1.92. The molecular formula is C19H19ClFN3O4. The van der Waals surface area contributed by atoms with Gasteiger partial charge in [-0.25, -0.2) is 23.9 Å². The molecule has 0 amide bonds. The van der Waals surface area contributed by atoms with Crippen LogP contribution in [0.25, 0.3) is 0 Å². The van der Waals surface area contributed by atoms with Crippen LogP contribution in [0.1, 0.15) is 40.6 Å². The van der Waals surface area contributed by atoms with Crippen molar-refractivity contribution < 1.29 is 23.5 Å². The van der Waals surface area contributed by atoms with Crippen LogP contribution in [-0.2, 0) is 20.7 Å². The quantitative estimate of drug-likeness (QED) is 0.705. The van der Waals surface area contributed by atoms with Crippen molar-refractivity contribution >= 4 is 29.4 Å². The molecule has 1 unspecified atom stereocenters. The molecule has 1 aromatic carbocycles. The summed E-state index contributed by atoms with van der Waals surface area (Å²) in [7, 11) is 2.50. The van der Waals surface area contributed by atoms with E-state index in [1.54, 1.807) is 12.1 Å². The zero-order chi connectivity index (χ0) is 20.3. The number of nitrogens with one attached hydrogen (secondary N) is 1. The molecule has 7 nitrogen and oxygen atoms in total. The smallest absolute Gasteiger partial charge is 0.358 e. The molecule has 2 aromatic rings. The van der Waals surface area contributed by atoms with E-state index in [2.05, 4.69) is 15.3 Å². The van der Waals surface area contributed by atoms with Gasteiger partial charge in [-0.15, -0.1) is 0 Å². The minimum atomic E-state index is -0.847. The second-order valence-electron chi connectivity index (χ2n) is 6.41. The van der Waals surface area contributed by atoms with E-state index >= 15 is 0 Å². The predicted molar refractivity (Wildman–Crippen MR) is 99.9 cm³/mol. The number of anilines is 1. The number of aromatic nitrogens is 2. The lowest BCUT2D eigenvalue weighted by Crippen LogP contribution is -2.33. The number of esters is 2. The highest BCUT2D eigenvalue weighted by Gasteiger charge is 2.31. The van der Waals surface area contributed by atoms with Crippen LogP contribution in [0.4, 0.5) is 10.2 Å². The number of benzene rings is 1. The standard InChI is InChI=1S/C19H19ClFN3O4/c1-27-18(25)13(9-10-3-7-12(21)8-4-10)22-17-14(20)15(19(26)28-2)23-16(24-17)11-5-6-11/h3-4,7-8,11,13H,5-6,9H2,1-2H3,(H,22,23,24). The van der Waals surface area contributed by atoms with Crippen LogP contribution in [0.2, 0.25) is 5.02 Å². The second kappa shape index (κ2) is 8.52. The van der Waals surface area contributed by atoms with E-state index in [-0.39, 0.29) is 34.7 Å². The van der Waals surface area contributed by atoms with Gasteiger partial charge in [0.25, 0.3) is 0 Å².